The van der Waals surface area contributed by atoms with Gasteiger partial charge >= 0.3 is 0 Å². The summed E-state index contributed by atoms with van der Waals surface area (Å²) >= 11 is 0. The highest BCUT2D eigenvalue weighted by Gasteiger charge is 2.13. The van der Waals surface area contributed by atoms with Crippen LogP contribution in [-0.4, -0.2) is 29.4 Å². The molecule has 0 fully saturated rings. The molecular weight excluding hydrogens is 202 g/mol. The van der Waals surface area contributed by atoms with Crippen LogP contribution in [0.5, 0.6) is 0 Å². The molecule has 0 radical (unpaired) electrons. The van der Waals surface area contributed by atoms with Gasteiger partial charge in [0.05, 0.1) is 5.56 Å². The number of aromatic nitrogens is 1. The van der Waals surface area contributed by atoms with Crippen molar-refractivity contribution in [1.82, 2.24) is 9.88 Å². The third-order valence-electron chi connectivity index (χ3n) is 2.53. The second kappa shape index (κ2) is 6.10. The second-order valence-electron chi connectivity index (χ2n) is 3.90. The van der Waals surface area contributed by atoms with Crippen LogP contribution in [0.2, 0.25) is 0 Å². The Morgan fingerprint density at radius 3 is 2.88 bits per heavy atom. The van der Waals surface area contributed by atoms with Crippen LogP contribution in [-0.2, 0) is 0 Å². The molecule has 1 heterocycles. The Labute approximate surface area is 96.5 Å². The van der Waals surface area contributed by atoms with Gasteiger partial charge < -0.3 is 10.6 Å². The van der Waals surface area contributed by atoms with Crippen LogP contribution < -0.4 is 5.73 Å². The highest BCUT2D eigenvalue weighted by atomic mass is 16.2. The van der Waals surface area contributed by atoms with Crippen molar-refractivity contribution in [1.29, 1.82) is 0 Å². The normalized spacial score (nSPS) is 10.1. The van der Waals surface area contributed by atoms with Gasteiger partial charge in [-0.05, 0) is 12.5 Å². The molecule has 0 unspecified atom stereocenters. The van der Waals surface area contributed by atoms with E-state index in [2.05, 4.69) is 11.9 Å². The average Bonchev–Trinajstić information content (AvgIpc) is 2.29. The lowest BCUT2D eigenvalue weighted by Gasteiger charge is -2.17. The van der Waals surface area contributed by atoms with Gasteiger partial charge in [0.15, 0.2) is 0 Å². The van der Waals surface area contributed by atoms with E-state index in [0.29, 0.717) is 11.3 Å². The van der Waals surface area contributed by atoms with E-state index in [-0.39, 0.29) is 5.91 Å². The van der Waals surface area contributed by atoms with Gasteiger partial charge in [-0.3, -0.25) is 9.78 Å². The van der Waals surface area contributed by atoms with E-state index in [1.165, 1.54) is 6.20 Å². The largest absolute Gasteiger partial charge is 0.398 e. The maximum absolute atomic E-state index is 12.0. The Morgan fingerprint density at radius 2 is 2.25 bits per heavy atom. The zero-order chi connectivity index (χ0) is 12.0. The van der Waals surface area contributed by atoms with E-state index < -0.39 is 0 Å². The monoisotopic (exact) mass is 221 g/mol. The van der Waals surface area contributed by atoms with Crippen molar-refractivity contribution in [2.45, 2.75) is 26.2 Å². The molecule has 1 rings (SSSR count). The van der Waals surface area contributed by atoms with Crippen LogP contribution >= 0.6 is 0 Å². The first-order chi connectivity index (χ1) is 7.66. The highest BCUT2D eigenvalue weighted by molar-refractivity contribution is 5.98. The minimum atomic E-state index is -0.0540. The number of carbonyl (C=O) groups is 1. The average molecular weight is 221 g/mol. The molecule has 0 saturated heterocycles. The maximum atomic E-state index is 12.0. The molecule has 4 heteroatoms. The third kappa shape index (κ3) is 3.22. The number of amides is 1. The van der Waals surface area contributed by atoms with Crippen LogP contribution in [0.1, 0.15) is 36.5 Å². The lowest BCUT2D eigenvalue weighted by atomic mass is 10.2. The standard InChI is InChI=1S/C12H19N3O/c1-3-4-5-8-15(2)12(16)10-9-14-7-6-11(10)13/h6-7,9H,3-5,8H2,1-2H3,(H2,13,14). The van der Waals surface area contributed by atoms with Crippen molar-refractivity contribution in [2.75, 3.05) is 19.3 Å². The predicted octanol–water partition coefficient (Wildman–Crippen LogP) is 1.93. The van der Waals surface area contributed by atoms with Crippen LogP contribution in [0.25, 0.3) is 0 Å². The highest BCUT2D eigenvalue weighted by Crippen LogP contribution is 2.11. The molecule has 88 valence electrons. The van der Waals surface area contributed by atoms with Gasteiger partial charge in [0, 0.05) is 31.7 Å². The topological polar surface area (TPSA) is 59.2 Å². The van der Waals surface area contributed by atoms with E-state index >= 15 is 0 Å². The number of pyridine rings is 1. The van der Waals surface area contributed by atoms with Crippen molar-refractivity contribution in [3.05, 3.63) is 24.0 Å². The molecule has 0 spiro atoms. The Kier molecular flexibility index (Phi) is 4.76. The number of hydrogen-bond donors (Lipinski definition) is 1. The summed E-state index contributed by atoms with van der Waals surface area (Å²) < 4.78 is 0. The summed E-state index contributed by atoms with van der Waals surface area (Å²) in [6.07, 6.45) is 6.42. The number of nitrogens with two attached hydrogens (primary N) is 1. The number of anilines is 1. The third-order valence-corrected chi connectivity index (χ3v) is 2.53. The molecule has 0 atom stereocenters. The van der Waals surface area contributed by atoms with E-state index in [9.17, 15) is 4.79 Å². The zero-order valence-corrected chi connectivity index (χ0v) is 9.94. The summed E-state index contributed by atoms with van der Waals surface area (Å²) in [7, 11) is 1.80. The molecule has 1 aromatic heterocycles. The minimum absolute atomic E-state index is 0.0540. The van der Waals surface area contributed by atoms with Crippen molar-refractivity contribution >= 4 is 11.6 Å². The fourth-order valence-corrected chi connectivity index (χ4v) is 1.49. The molecular formula is C12H19N3O. The van der Waals surface area contributed by atoms with Crippen LogP contribution in [0.3, 0.4) is 0 Å². The number of nitrogen functional groups attached to an aromatic ring is 1. The van der Waals surface area contributed by atoms with Gasteiger partial charge in [0.2, 0.25) is 0 Å². The lowest BCUT2D eigenvalue weighted by molar-refractivity contribution is 0.0793. The Balaban J connectivity index is 2.60. The van der Waals surface area contributed by atoms with Gasteiger partial charge in [-0.1, -0.05) is 19.8 Å². The van der Waals surface area contributed by atoms with Gasteiger partial charge in [-0.25, -0.2) is 0 Å². The maximum Gasteiger partial charge on any atom is 0.257 e. The Hall–Kier alpha value is -1.58. The molecule has 4 nitrogen and oxygen atoms in total. The summed E-state index contributed by atoms with van der Waals surface area (Å²) in [6.45, 7) is 2.90. The fourth-order valence-electron chi connectivity index (χ4n) is 1.49. The number of carbonyl (C=O) groups excluding carboxylic acids is 1. The van der Waals surface area contributed by atoms with E-state index in [1.807, 2.05) is 0 Å². The second-order valence-corrected chi connectivity index (χ2v) is 3.90. The van der Waals surface area contributed by atoms with Crippen molar-refractivity contribution < 1.29 is 4.79 Å². The summed E-state index contributed by atoms with van der Waals surface area (Å²) in [6, 6.07) is 1.65. The summed E-state index contributed by atoms with van der Waals surface area (Å²) in [5, 5.41) is 0. The summed E-state index contributed by atoms with van der Waals surface area (Å²) in [4.78, 5) is 17.6. The first kappa shape index (κ1) is 12.5. The molecule has 0 saturated carbocycles. The van der Waals surface area contributed by atoms with Crippen molar-refractivity contribution in [3.8, 4) is 0 Å². The van der Waals surface area contributed by atoms with E-state index in [1.54, 1.807) is 24.2 Å². The fraction of sp³-hybridized carbons (Fsp3) is 0.500. The van der Waals surface area contributed by atoms with Crippen LogP contribution in [0, 0.1) is 0 Å². The van der Waals surface area contributed by atoms with Gasteiger partial charge in [0.1, 0.15) is 0 Å². The SMILES string of the molecule is CCCCCN(C)C(=O)c1cnccc1N. The van der Waals surface area contributed by atoms with Gasteiger partial charge in [-0.15, -0.1) is 0 Å². The van der Waals surface area contributed by atoms with Crippen molar-refractivity contribution in [2.24, 2.45) is 0 Å². The van der Waals surface area contributed by atoms with Crippen molar-refractivity contribution in [3.63, 3.8) is 0 Å². The van der Waals surface area contributed by atoms with E-state index in [0.717, 1.165) is 25.8 Å². The first-order valence-corrected chi connectivity index (χ1v) is 5.61. The number of hydrogen-bond acceptors (Lipinski definition) is 3. The Morgan fingerprint density at radius 1 is 1.50 bits per heavy atom. The lowest BCUT2D eigenvalue weighted by Crippen LogP contribution is -2.28. The molecule has 0 aliphatic carbocycles. The molecule has 2 N–H and O–H groups in total. The van der Waals surface area contributed by atoms with Crippen LogP contribution in [0.15, 0.2) is 18.5 Å². The molecule has 0 aromatic carbocycles. The molecule has 0 aliphatic heterocycles. The minimum Gasteiger partial charge on any atom is -0.398 e. The molecule has 1 amide bonds. The van der Waals surface area contributed by atoms with Crippen LogP contribution in [0.4, 0.5) is 5.69 Å². The number of rotatable bonds is 5. The van der Waals surface area contributed by atoms with Gasteiger partial charge in [0.25, 0.3) is 5.91 Å². The Bertz CT molecular complexity index is 352. The molecule has 0 bridgehead atoms. The van der Waals surface area contributed by atoms with Gasteiger partial charge in [-0.2, -0.15) is 0 Å². The predicted molar refractivity (Wildman–Crippen MR) is 65.1 cm³/mol. The molecule has 1 aromatic rings. The summed E-state index contributed by atoms with van der Waals surface area (Å²) in [5.74, 6) is -0.0540. The first-order valence-electron chi connectivity index (χ1n) is 5.61. The smallest absolute Gasteiger partial charge is 0.257 e. The molecule has 16 heavy (non-hydrogen) atoms. The van der Waals surface area contributed by atoms with E-state index in [4.69, 9.17) is 5.73 Å². The summed E-state index contributed by atoms with van der Waals surface area (Å²) in [5.41, 5.74) is 6.70. The quantitative estimate of drug-likeness (QED) is 0.773. The number of nitrogens with zero attached hydrogens (tertiary/aromatic N) is 2. The molecule has 0 aliphatic rings. The zero-order valence-electron chi connectivity index (χ0n) is 9.94. The number of unbranched alkanes of at least 4 members (excludes halogenated alkanes) is 2.